The number of fused-ring (bicyclic) bond motifs is 2. The molecule has 0 fully saturated rings. The fourth-order valence-electron chi connectivity index (χ4n) is 4.03. The van der Waals surface area contributed by atoms with E-state index in [0.29, 0.717) is 11.8 Å². The first-order valence-electron chi connectivity index (χ1n) is 8.05. The average molecular weight is 390 g/mol. The molecule has 0 radical (unpaired) electrons. The molecule has 0 saturated carbocycles. The Morgan fingerprint density at radius 1 is 1.21 bits per heavy atom. The molecule has 0 bridgehead atoms. The lowest BCUT2D eigenvalue weighted by molar-refractivity contribution is 0.227. The van der Waals surface area contributed by atoms with Gasteiger partial charge in [-0.05, 0) is 60.3 Å². The van der Waals surface area contributed by atoms with Crippen molar-refractivity contribution in [3.8, 4) is 28.4 Å². The highest BCUT2D eigenvalue weighted by Crippen LogP contribution is 2.53. The van der Waals surface area contributed by atoms with Crippen LogP contribution in [0.2, 0.25) is 0 Å². The van der Waals surface area contributed by atoms with Crippen LogP contribution in [0.3, 0.4) is 0 Å². The third kappa shape index (κ3) is 2.15. The van der Waals surface area contributed by atoms with Gasteiger partial charge in [-0.2, -0.15) is 0 Å². The standard InChI is InChI=1S/C19H20BrNO3/c1-21-5-4-10-6-11(23-2)7-13-17(10)15(21)8-12-14(20)9-16(24-3)19(22)18(12)13/h6-7,9,15,22H,4-5,8H2,1-3H3. The minimum Gasteiger partial charge on any atom is -0.504 e. The minimum atomic E-state index is 0.206. The van der Waals surface area contributed by atoms with Gasteiger partial charge < -0.3 is 14.6 Å². The van der Waals surface area contributed by atoms with Crippen LogP contribution in [0.5, 0.6) is 17.2 Å². The van der Waals surface area contributed by atoms with Crippen molar-refractivity contribution in [2.45, 2.75) is 18.9 Å². The van der Waals surface area contributed by atoms with E-state index < -0.39 is 0 Å². The zero-order chi connectivity index (χ0) is 17.0. The van der Waals surface area contributed by atoms with Gasteiger partial charge in [0.15, 0.2) is 11.5 Å². The number of benzene rings is 2. The molecule has 0 amide bonds. The Morgan fingerprint density at radius 2 is 2.00 bits per heavy atom. The Balaban J connectivity index is 2.07. The lowest BCUT2D eigenvalue weighted by Crippen LogP contribution is -2.35. The lowest BCUT2D eigenvalue weighted by Gasteiger charge is -2.40. The van der Waals surface area contributed by atoms with Crippen LogP contribution < -0.4 is 9.47 Å². The number of likely N-dealkylation sites (N-methyl/N-ethyl adjacent to an activating group) is 1. The first-order chi connectivity index (χ1) is 11.5. The summed E-state index contributed by atoms with van der Waals surface area (Å²) in [5.41, 5.74) is 5.67. The molecule has 2 aliphatic rings. The Hall–Kier alpha value is -1.72. The van der Waals surface area contributed by atoms with Crippen molar-refractivity contribution in [2.75, 3.05) is 27.8 Å². The monoisotopic (exact) mass is 389 g/mol. The molecule has 2 aromatic carbocycles. The molecule has 1 heterocycles. The maximum Gasteiger partial charge on any atom is 0.166 e. The van der Waals surface area contributed by atoms with Gasteiger partial charge in [0, 0.05) is 22.6 Å². The summed E-state index contributed by atoms with van der Waals surface area (Å²) in [6.07, 6.45) is 1.87. The summed E-state index contributed by atoms with van der Waals surface area (Å²) in [6.45, 7) is 1.03. The number of phenols is 1. The maximum atomic E-state index is 10.8. The topological polar surface area (TPSA) is 41.9 Å². The van der Waals surface area contributed by atoms with E-state index >= 15 is 0 Å². The van der Waals surface area contributed by atoms with E-state index in [9.17, 15) is 5.11 Å². The molecule has 1 N–H and O–H groups in total. The molecule has 0 spiro atoms. The van der Waals surface area contributed by atoms with Gasteiger partial charge in [0.05, 0.1) is 14.2 Å². The number of nitrogens with zero attached hydrogens (tertiary/aromatic N) is 1. The van der Waals surface area contributed by atoms with Crippen molar-refractivity contribution in [3.05, 3.63) is 39.4 Å². The smallest absolute Gasteiger partial charge is 0.166 e. The molecular formula is C19H20BrNO3. The average Bonchev–Trinajstić information content (AvgIpc) is 2.60. The van der Waals surface area contributed by atoms with Crippen LogP contribution in [0, 0.1) is 0 Å². The second-order valence-electron chi connectivity index (χ2n) is 6.46. The number of phenolic OH excluding ortho intramolecular Hbond substituents is 1. The molecule has 4 rings (SSSR count). The van der Waals surface area contributed by atoms with Gasteiger partial charge in [-0.1, -0.05) is 15.9 Å². The third-order valence-corrected chi connectivity index (χ3v) is 5.99. The Bertz CT molecular complexity index is 834. The summed E-state index contributed by atoms with van der Waals surface area (Å²) in [5.74, 6) is 1.52. The zero-order valence-electron chi connectivity index (χ0n) is 14.0. The van der Waals surface area contributed by atoms with Gasteiger partial charge in [-0.25, -0.2) is 0 Å². The Kier molecular flexibility index (Phi) is 3.73. The van der Waals surface area contributed by atoms with Crippen molar-refractivity contribution in [1.82, 2.24) is 4.90 Å². The highest BCUT2D eigenvalue weighted by Gasteiger charge is 2.36. The van der Waals surface area contributed by atoms with Crippen molar-refractivity contribution in [1.29, 1.82) is 0 Å². The lowest BCUT2D eigenvalue weighted by atomic mass is 9.76. The minimum absolute atomic E-state index is 0.206. The molecule has 0 saturated heterocycles. The predicted molar refractivity (Wildman–Crippen MR) is 97.1 cm³/mol. The van der Waals surface area contributed by atoms with Gasteiger partial charge >= 0.3 is 0 Å². The quantitative estimate of drug-likeness (QED) is 0.844. The number of rotatable bonds is 2. The van der Waals surface area contributed by atoms with E-state index in [1.54, 1.807) is 14.2 Å². The van der Waals surface area contributed by atoms with Crippen LogP contribution in [0.15, 0.2) is 22.7 Å². The van der Waals surface area contributed by atoms with Gasteiger partial charge in [0.2, 0.25) is 0 Å². The van der Waals surface area contributed by atoms with E-state index in [0.717, 1.165) is 46.3 Å². The SMILES string of the molecule is COc1cc2c3c(c1)-c1c(O)c(OC)cc(Br)c1CC3N(C)CC2. The van der Waals surface area contributed by atoms with Crippen LogP contribution in [0.25, 0.3) is 11.1 Å². The second kappa shape index (κ2) is 5.67. The van der Waals surface area contributed by atoms with Crippen molar-refractivity contribution in [3.63, 3.8) is 0 Å². The molecule has 4 nitrogen and oxygen atoms in total. The molecule has 24 heavy (non-hydrogen) atoms. The van der Waals surface area contributed by atoms with Crippen molar-refractivity contribution in [2.24, 2.45) is 0 Å². The first-order valence-corrected chi connectivity index (χ1v) is 8.84. The summed E-state index contributed by atoms with van der Waals surface area (Å²) in [7, 11) is 5.43. The van der Waals surface area contributed by atoms with E-state index in [1.165, 1.54) is 11.1 Å². The fraction of sp³-hybridized carbons (Fsp3) is 0.368. The summed E-state index contributed by atoms with van der Waals surface area (Å²) in [6, 6.07) is 6.35. The van der Waals surface area contributed by atoms with Crippen LogP contribution in [0.1, 0.15) is 22.7 Å². The molecule has 5 heteroatoms. The second-order valence-corrected chi connectivity index (χ2v) is 7.32. The highest BCUT2D eigenvalue weighted by molar-refractivity contribution is 9.10. The van der Waals surface area contributed by atoms with Gasteiger partial charge in [-0.15, -0.1) is 0 Å². The molecule has 1 aliphatic heterocycles. The molecule has 1 unspecified atom stereocenters. The van der Waals surface area contributed by atoms with Crippen LogP contribution in [0.4, 0.5) is 0 Å². The normalized spacial score (nSPS) is 18.8. The summed E-state index contributed by atoms with van der Waals surface area (Å²) in [4.78, 5) is 2.40. The number of ether oxygens (including phenoxy) is 2. The largest absolute Gasteiger partial charge is 0.504 e. The number of methoxy groups -OCH3 is 2. The Morgan fingerprint density at radius 3 is 2.71 bits per heavy atom. The molecular weight excluding hydrogens is 370 g/mol. The summed E-state index contributed by atoms with van der Waals surface area (Å²) in [5, 5.41) is 10.8. The first kappa shape index (κ1) is 15.8. The summed E-state index contributed by atoms with van der Waals surface area (Å²) < 4.78 is 11.8. The summed E-state index contributed by atoms with van der Waals surface area (Å²) >= 11 is 3.67. The van der Waals surface area contributed by atoms with E-state index in [4.69, 9.17) is 9.47 Å². The van der Waals surface area contributed by atoms with E-state index in [1.807, 2.05) is 12.1 Å². The molecule has 126 valence electrons. The molecule has 2 aromatic rings. The number of hydrogen-bond acceptors (Lipinski definition) is 4. The van der Waals surface area contributed by atoms with Crippen LogP contribution in [-0.4, -0.2) is 37.8 Å². The van der Waals surface area contributed by atoms with Crippen LogP contribution >= 0.6 is 15.9 Å². The predicted octanol–water partition coefficient (Wildman–Crippen LogP) is 3.92. The number of halogens is 1. The molecule has 0 aromatic heterocycles. The van der Waals surface area contributed by atoms with Crippen LogP contribution in [-0.2, 0) is 12.8 Å². The Labute approximate surface area is 150 Å². The van der Waals surface area contributed by atoms with Gasteiger partial charge in [0.1, 0.15) is 5.75 Å². The van der Waals surface area contributed by atoms with E-state index in [-0.39, 0.29) is 5.75 Å². The fourth-order valence-corrected chi connectivity index (χ4v) is 4.60. The van der Waals surface area contributed by atoms with Crippen molar-refractivity contribution >= 4 is 15.9 Å². The zero-order valence-corrected chi connectivity index (χ0v) is 15.6. The molecule has 1 aliphatic carbocycles. The van der Waals surface area contributed by atoms with E-state index in [2.05, 4.69) is 33.9 Å². The van der Waals surface area contributed by atoms with Gasteiger partial charge in [-0.3, -0.25) is 4.90 Å². The number of hydrogen-bond donors (Lipinski definition) is 1. The maximum absolute atomic E-state index is 10.8. The van der Waals surface area contributed by atoms with Crippen molar-refractivity contribution < 1.29 is 14.6 Å². The van der Waals surface area contributed by atoms with Gasteiger partial charge in [0.25, 0.3) is 0 Å². The molecule has 1 atom stereocenters. The third-order valence-electron chi connectivity index (χ3n) is 5.28. The highest BCUT2D eigenvalue weighted by atomic mass is 79.9. The number of aromatic hydroxyl groups is 1.